The summed E-state index contributed by atoms with van der Waals surface area (Å²) in [7, 11) is 0. The predicted molar refractivity (Wildman–Crippen MR) is 50.1 cm³/mol. The second-order valence-electron chi connectivity index (χ2n) is 3.79. The molecule has 0 aromatic carbocycles. The zero-order valence-corrected chi connectivity index (χ0v) is 7.75. The molecule has 0 N–H and O–H groups in total. The minimum atomic E-state index is 0.688. The van der Waals surface area contributed by atoms with Crippen LogP contribution in [-0.4, -0.2) is 4.98 Å². The van der Waals surface area contributed by atoms with E-state index in [0.717, 1.165) is 18.8 Å². The Balaban J connectivity index is 2.38. The van der Waals surface area contributed by atoms with E-state index >= 15 is 0 Å². The molecule has 1 heterocycles. The first-order valence-corrected chi connectivity index (χ1v) is 4.67. The van der Waals surface area contributed by atoms with E-state index < -0.39 is 0 Å². The zero-order chi connectivity index (χ0) is 9.26. The van der Waals surface area contributed by atoms with Crippen LogP contribution in [0.2, 0.25) is 0 Å². The van der Waals surface area contributed by atoms with Gasteiger partial charge in [-0.3, -0.25) is 4.98 Å². The summed E-state index contributed by atoms with van der Waals surface area (Å²) >= 11 is 0. The van der Waals surface area contributed by atoms with Crippen molar-refractivity contribution in [3.8, 4) is 6.07 Å². The molecule has 0 radical (unpaired) electrons. The molecule has 66 valence electrons. The van der Waals surface area contributed by atoms with Gasteiger partial charge in [0.2, 0.25) is 0 Å². The topological polar surface area (TPSA) is 36.7 Å². The first-order chi connectivity index (χ1) is 6.29. The van der Waals surface area contributed by atoms with Gasteiger partial charge in [0.05, 0.1) is 5.56 Å². The molecule has 0 spiro atoms. The third-order valence-electron chi connectivity index (χ3n) is 2.64. The first kappa shape index (κ1) is 8.25. The molecule has 0 fully saturated rings. The largest absolute Gasteiger partial charge is 0.260 e. The van der Waals surface area contributed by atoms with Crippen LogP contribution in [0.15, 0.2) is 12.3 Å². The fourth-order valence-corrected chi connectivity index (χ4v) is 1.83. The lowest BCUT2D eigenvalue weighted by Crippen LogP contribution is -2.13. The summed E-state index contributed by atoms with van der Waals surface area (Å²) < 4.78 is 0. The minimum absolute atomic E-state index is 0.688. The van der Waals surface area contributed by atoms with Crippen molar-refractivity contribution in [1.82, 2.24) is 4.98 Å². The Labute approximate surface area is 78.2 Å². The van der Waals surface area contributed by atoms with Crippen LogP contribution in [0.3, 0.4) is 0 Å². The van der Waals surface area contributed by atoms with E-state index in [1.54, 1.807) is 6.20 Å². The van der Waals surface area contributed by atoms with Gasteiger partial charge in [-0.1, -0.05) is 6.92 Å². The van der Waals surface area contributed by atoms with E-state index in [2.05, 4.69) is 18.0 Å². The van der Waals surface area contributed by atoms with Gasteiger partial charge in [0.1, 0.15) is 6.07 Å². The van der Waals surface area contributed by atoms with Crippen LogP contribution in [0, 0.1) is 17.2 Å². The number of aromatic nitrogens is 1. The van der Waals surface area contributed by atoms with Gasteiger partial charge >= 0.3 is 0 Å². The molecule has 0 bridgehead atoms. The fraction of sp³-hybridized carbons (Fsp3) is 0.455. The SMILES string of the molecule is C[C@@H]1CCc2cc(C#N)cnc2C1. The molecule has 0 unspecified atom stereocenters. The van der Waals surface area contributed by atoms with Crippen molar-refractivity contribution in [1.29, 1.82) is 5.26 Å². The molecular weight excluding hydrogens is 160 g/mol. The van der Waals surface area contributed by atoms with Crippen molar-refractivity contribution in [2.75, 3.05) is 0 Å². The summed E-state index contributed by atoms with van der Waals surface area (Å²) in [6, 6.07) is 4.11. The molecule has 2 heteroatoms. The molecule has 0 amide bonds. The molecular formula is C11H12N2. The maximum absolute atomic E-state index is 8.70. The van der Waals surface area contributed by atoms with E-state index in [0.29, 0.717) is 5.56 Å². The number of rotatable bonds is 0. The predicted octanol–water partition coefficient (Wildman–Crippen LogP) is 2.08. The van der Waals surface area contributed by atoms with E-state index in [4.69, 9.17) is 5.26 Å². The molecule has 13 heavy (non-hydrogen) atoms. The number of fused-ring (bicyclic) bond motifs is 1. The van der Waals surface area contributed by atoms with Crippen molar-refractivity contribution >= 4 is 0 Å². The monoisotopic (exact) mass is 172 g/mol. The quantitative estimate of drug-likeness (QED) is 0.600. The van der Waals surface area contributed by atoms with Crippen molar-refractivity contribution in [2.24, 2.45) is 5.92 Å². The van der Waals surface area contributed by atoms with Gasteiger partial charge in [-0.25, -0.2) is 0 Å². The molecule has 1 aliphatic carbocycles. The summed E-state index contributed by atoms with van der Waals surface area (Å²) in [5.41, 5.74) is 3.16. The smallest absolute Gasteiger partial charge is 0.101 e. The average Bonchev–Trinajstić information content (AvgIpc) is 2.17. The Morgan fingerprint density at radius 2 is 2.46 bits per heavy atom. The summed E-state index contributed by atoms with van der Waals surface area (Å²) in [6.07, 6.45) is 5.06. The highest BCUT2D eigenvalue weighted by molar-refractivity contribution is 5.34. The van der Waals surface area contributed by atoms with E-state index in [1.807, 2.05) is 6.07 Å². The standard InChI is InChI=1S/C11H12N2/c1-8-2-3-10-5-9(6-12)7-13-11(10)4-8/h5,7-8H,2-4H2,1H3/t8-/m1/s1. The Kier molecular flexibility index (Phi) is 2.02. The fourth-order valence-electron chi connectivity index (χ4n) is 1.83. The Bertz CT molecular complexity index is 363. The van der Waals surface area contributed by atoms with Crippen molar-refractivity contribution in [3.63, 3.8) is 0 Å². The number of aryl methyl sites for hydroxylation is 1. The van der Waals surface area contributed by atoms with Crippen molar-refractivity contribution < 1.29 is 0 Å². The van der Waals surface area contributed by atoms with E-state index in [1.165, 1.54) is 17.7 Å². The number of hydrogen-bond acceptors (Lipinski definition) is 2. The molecule has 0 aliphatic heterocycles. The highest BCUT2D eigenvalue weighted by atomic mass is 14.7. The highest BCUT2D eigenvalue weighted by Crippen LogP contribution is 2.23. The lowest BCUT2D eigenvalue weighted by atomic mass is 9.88. The van der Waals surface area contributed by atoms with Crippen LogP contribution in [0.5, 0.6) is 0 Å². The molecule has 0 saturated carbocycles. The maximum Gasteiger partial charge on any atom is 0.101 e. The van der Waals surface area contributed by atoms with E-state index in [-0.39, 0.29) is 0 Å². The average molecular weight is 172 g/mol. The molecule has 1 atom stereocenters. The van der Waals surface area contributed by atoms with Crippen LogP contribution >= 0.6 is 0 Å². The van der Waals surface area contributed by atoms with Crippen molar-refractivity contribution in [3.05, 3.63) is 29.1 Å². The minimum Gasteiger partial charge on any atom is -0.260 e. The van der Waals surface area contributed by atoms with Crippen LogP contribution in [-0.2, 0) is 12.8 Å². The maximum atomic E-state index is 8.70. The third kappa shape index (κ3) is 1.55. The van der Waals surface area contributed by atoms with Crippen LogP contribution < -0.4 is 0 Å². The number of pyridine rings is 1. The normalized spacial score (nSPS) is 20.5. The second-order valence-corrected chi connectivity index (χ2v) is 3.79. The van der Waals surface area contributed by atoms with Crippen molar-refractivity contribution in [2.45, 2.75) is 26.2 Å². The van der Waals surface area contributed by atoms with Gasteiger partial charge < -0.3 is 0 Å². The van der Waals surface area contributed by atoms with Gasteiger partial charge in [-0.15, -0.1) is 0 Å². The van der Waals surface area contributed by atoms with E-state index in [9.17, 15) is 0 Å². The van der Waals surface area contributed by atoms with Crippen LogP contribution in [0.25, 0.3) is 0 Å². The first-order valence-electron chi connectivity index (χ1n) is 4.67. The molecule has 1 aliphatic rings. The second kappa shape index (κ2) is 3.18. The third-order valence-corrected chi connectivity index (χ3v) is 2.64. The summed E-state index contributed by atoms with van der Waals surface area (Å²) in [5.74, 6) is 0.743. The van der Waals surface area contributed by atoms with Crippen LogP contribution in [0.4, 0.5) is 0 Å². The lowest BCUT2D eigenvalue weighted by molar-refractivity contribution is 0.492. The van der Waals surface area contributed by atoms with Gasteiger partial charge in [0.15, 0.2) is 0 Å². The lowest BCUT2D eigenvalue weighted by Gasteiger charge is -2.19. The number of nitriles is 1. The highest BCUT2D eigenvalue weighted by Gasteiger charge is 2.16. The number of nitrogens with zero attached hydrogens (tertiary/aromatic N) is 2. The Morgan fingerprint density at radius 1 is 1.62 bits per heavy atom. The summed E-state index contributed by atoms with van der Waals surface area (Å²) in [4.78, 5) is 4.32. The molecule has 1 aromatic rings. The zero-order valence-electron chi connectivity index (χ0n) is 7.75. The molecule has 2 rings (SSSR count). The van der Waals surface area contributed by atoms with Gasteiger partial charge in [0, 0.05) is 11.9 Å². The Morgan fingerprint density at radius 3 is 3.23 bits per heavy atom. The summed E-state index contributed by atoms with van der Waals surface area (Å²) in [5, 5.41) is 8.70. The summed E-state index contributed by atoms with van der Waals surface area (Å²) in [6.45, 7) is 2.25. The van der Waals surface area contributed by atoms with Gasteiger partial charge in [0.25, 0.3) is 0 Å². The molecule has 0 saturated heterocycles. The van der Waals surface area contributed by atoms with Crippen LogP contribution in [0.1, 0.15) is 30.2 Å². The molecule has 1 aromatic heterocycles. The van der Waals surface area contributed by atoms with Gasteiger partial charge in [-0.2, -0.15) is 5.26 Å². The number of hydrogen-bond donors (Lipinski definition) is 0. The molecule has 2 nitrogen and oxygen atoms in total. The van der Waals surface area contributed by atoms with Gasteiger partial charge in [-0.05, 0) is 36.8 Å². The Hall–Kier alpha value is -1.36.